The molecule has 7 nitrogen and oxygen atoms in total. The second-order valence-electron chi connectivity index (χ2n) is 6.81. The van der Waals surface area contributed by atoms with E-state index in [9.17, 15) is 0 Å². The van der Waals surface area contributed by atoms with Crippen LogP contribution in [0.15, 0.2) is 70.3 Å². The predicted octanol–water partition coefficient (Wildman–Crippen LogP) is 4.11. The van der Waals surface area contributed by atoms with Crippen LogP contribution in [0, 0.1) is 0 Å². The van der Waals surface area contributed by atoms with Gasteiger partial charge in [0.2, 0.25) is 6.79 Å². The van der Waals surface area contributed by atoms with Crippen molar-refractivity contribution in [2.24, 2.45) is 4.99 Å². The van der Waals surface area contributed by atoms with Gasteiger partial charge < -0.3 is 29.3 Å². The first kappa shape index (κ1) is 22.8. The second-order valence-corrected chi connectivity index (χ2v) is 6.81. The Hall–Kier alpha value is -2.88. The van der Waals surface area contributed by atoms with Gasteiger partial charge in [0.1, 0.15) is 11.5 Å². The van der Waals surface area contributed by atoms with Gasteiger partial charge >= 0.3 is 0 Å². The highest BCUT2D eigenvalue weighted by Gasteiger charge is 2.13. The number of benzene rings is 2. The van der Waals surface area contributed by atoms with Crippen LogP contribution in [0.5, 0.6) is 17.2 Å². The summed E-state index contributed by atoms with van der Waals surface area (Å²) < 4.78 is 21.4. The smallest absolute Gasteiger partial charge is 0.231 e. The van der Waals surface area contributed by atoms with E-state index in [1.54, 1.807) is 13.4 Å². The molecule has 1 aliphatic rings. The third kappa shape index (κ3) is 6.55. The van der Waals surface area contributed by atoms with Crippen LogP contribution < -0.4 is 24.8 Å². The largest absolute Gasteiger partial charge is 0.497 e. The molecule has 4 rings (SSSR count). The van der Waals surface area contributed by atoms with E-state index >= 15 is 0 Å². The van der Waals surface area contributed by atoms with Gasteiger partial charge in [-0.15, -0.1) is 24.0 Å². The number of rotatable bonds is 8. The third-order valence-electron chi connectivity index (χ3n) is 4.72. The van der Waals surface area contributed by atoms with E-state index in [2.05, 4.69) is 10.6 Å². The maximum Gasteiger partial charge on any atom is 0.231 e. The monoisotopic (exact) mass is 535 g/mol. The molecule has 0 saturated heterocycles. The standard InChI is InChI=1S/C23H25N3O4.HI/c1-27-19-7-4-17(5-8-19)14-25-23(24-11-10-20-3-2-12-28-20)26-15-18-6-9-21-22(13-18)30-16-29-21;/h2-9,12-13H,10-11,14-16H2,1H3,(H2,24,25,26);1H. The van der Waals surface area contributed by atoms with Crippen LogP contribution in [0.4, 0.5) is 0 Å². The molecule has 8 heteroatoms. The average Bonchev–Trinajstić information content (AvgIpc) is 3.47. The van der Waals surface area contributed by atoms with E-state index in [1.165, 1.54) is 0 Å². The topological polar surface area (TPSA) is 77.2 Å². The highest BCUT2D eigenvalue weighted by Crippen LogP contribution is 2.32. The van der Waals surface area contributed by atoms with Gasteiger partial charge in [0.25, 0.3) is 0 Å². The van der Waals surface area contributed by atoms with Crippen molar-refractivity contribution in [2.75, 3.05) is 20.4 Å². The lowest BCUT2D eigenvalue weighted by atomic mass is 10.2. The second kappa shape index (κ2) is 11.5. The number of hydrogen-bond donors (Lipinski definition) is 2. The zero-order valence-electron chi connectivity index (χ0n) is 17.3. The Kier molecular flexibility index (Phi) is 8.45. The van der Waals surface area contributed by atoms with E-state index < -0.39 is 0 Å². The molecule has 0 radical (unpaired) electrons. The zero-order chi connectivity index (χ0) is 20.6. The van der Waals surface area contributed by atoms with Crippen LogP contribution in [0.25, 0.3) is 0 Å². The summed E-state index contributed by atoms with van der Waals surface area (Å²) in [7, 11) is 1.66. The summed E-state index contributed by atoms with van der Waals surface area (Å²) in [6.45, 7) is 2.15. The molecule has 2 aromatic carbocycles. The molecular weight excluding hydrogens is 509 g/mol. The fourth-order valence-corrected chi connectivity index (χ4v) is 3.07. The molecule has 164 valence electrons. The van der Waals surface area contributed by atoms with Gasteiger partial charge in [0.05, 0.1) is 19.9 Å². The molecule has 3 aromatic rings. The minimum atomic E-state index is 0. The predicted molar refractivity (Wildman–Crippen MR) is 129 cm³/mol. The van der Waals surface area contributed by atoms with E-state index in [0.717, 1.165) is 46.5 Å². The number of furan rings is 1. The Bertz CT molecular complexity index is 975. The number of guanidine groups is 1. The van der Waals surface area contributed by atoms with E-state index in [-0.39, 0.29) is 30.8 Å². The summed E-state index contributed by atoms with van der Waals surface area (Å²) in [5.74, 6) is 4.05. The first-order chi connectivity index (χ1) is 14.8. The number of methoxy groups -OCH3 is 1. The summed E-state index contributed by atoms with van der Waals surface area (Å²) in [5, 5.41) is 6.76. The molecule has 0 unspecified atom stereocenters. The molecule has 31 heavy (non-hydrogen) atoms. The maximum absolute atomic E-state index is 5.45. The Labute approximate surface area is 198 Å². The molecule has 0 saturated carbocycles. The molecule has 0 bridgehead atoms. The molecule has 0 aliphatic carbocycles. The fourth-order valence-electron chi connectivity index (χ4n) is 3.07. The van der Waals surface area contributed by atoms with Gasteiger partial charge in [-0.3, -0.25) is 0 Å². The number of hydrogen-bond acceptors (Lipinski definition) is 5. The minimum absolute atomic E-state index is 0. The summed E-state index contributed by atoms with van der Waals surface area (Å²) in [6, 6.07) is 17.7. The molecule has 0 amide bonds. The summed E-state index contributed by atoms with van der Waals surface area (Å²) in [6.07, 6.45) is 2.46. The van der Waals surface area contributed by atoms with Crippen molar-refractivity contribution in [2.45, 2.75) is 19.5 Å². The van der Waals surface area contributed by atoms with Crippen LogP contribution in [-0.4, -0.2) is 26.4 Å². The normalized spacial score (nSPS) is 12.2. The number of nitrogens with zero attached hydrogens (tertiary/aromatic N) is 1. The summed E-state index contributed by atoms with van der Waals surface area (Å²) in [4.78, 5) is 4.73. The Balaban J connectivity index is 0.00000272. The van der Waals surface area contributed by atoms with Gasteiger partial charge in [-0.1, -0.05) is 18.2 Å². The molecule has 2 N–H and O–H groups in total. The molecule has 0 spiro atoms. The van der Waals surface area contributed by atoms with Gasteiger partial charge in [0, 0.05) is 19.5 Å². The number of nitrogens with one attached hydrogen (secondary N) is 2. The first-order valence-corrected chi connectivity index (χ1v) is 9.86. The fraction of sp³-hybridized carbons (Fsp3) is 0.261. The van der Waals surface area contributed by atoms with Crippen LogP contribution in [0.3, 0.4) is 0 Å². The van der Waals surface area contributed by atoms with Gasteiger partial charge in [0.15, 0.2) is 17.5 Å². The van der Waals surface area contributed by atoms with Gasteiger partial charge in [-0.25, -0.2) is 4.99 Å². The van der Waals surface area contributed by atoms with Crippen molar-refractivity contribution in [3.8, 4) is 17.2 Å². The van der Waals surface area contributed by atoms with Crippen LogP contribution in [0.2, 0.25) is 0 Å². The lowest BCUT2D eigenvalue weighted by Crippen LogP contribution is -2.38. The lowest BCUT2D eigenvalue weighted by Gasteiger charge is -2.13. The Morgan fingerprint density at radius 2 is 1.81 bits per heavy atom. The maximum atomic E-state index is 5.45. The van der Waals surface area contributed by atoms with E-state index in [0.29, 0.717) is 19.6 Å². The van der Waals surface area contributed by atoms with Crippen molar-refractivity contribution in [1.29, 1.82) is 0 Å². The molecule has 1 aliphatic heterocycles. The molecule has 1 aromatic heterocycles. The van der Waals surface area contributed by atoms with Crippen molar-refractivity contribution in [3.05, 3.63) is 77.7 Å². The summed E-state index contributed by atoms with van der Waals surface area (Å²) >= 11 is 0. The zero-order valence-corrected chi connectivity index (χ0v) is 19.6. The number of halogens is 1. The van der Waals surface area contributed by atoms with Crippen molar-refractivity contribution < 1.29 is 18.6 Å². The Morgan fingerprint density at radius 3 is 2.58 bits per heavy atom. The van der Waals surface area contributed by atoms with E-state index in [4.69, 9.17) is 23.6 Å². The average molecular weight is 535 g/mol. The highest BCUT2D eigenvalue weighted by molar-refractivity contribution is 14.0. The van der Waals surface area contributed by atoms with Gasteiger partial charge in [-0.05, 0) is 47.5 Å². The highest BCUT2D eigenvalue weighted by atomic mass is 127. The number of aliphatic imine (C=N–C) groups is 1. The minimum Gasteiger partial charge on any atom is -0.497 e. The number of ether oxygens (including phenoxy) is 3. The van der Waals surface area contributed by atoms with Crippen molar-refractivity contribution in [1.82, 2.24) is 10.6 Å². The van der Waals surface area contributed by atoms with Crippen LogP contribution >= 0.6 is 24.0 Å². The van der Waals surface area contributed by atoms with Gasteiger partial charge in [-0.2, -0.15) is 0 Å². The Morgan fingerprint density at radius 1 is 1.00 bits per heavy atom. The molecule has 0 atom stereocenters. The SMILES string of the molecule is COc1ccc(CNC(=NCc2ccc3c(c2)OCO3)NCCc2ccco2)cc1.I. The number of fused-ring (bicyclic) bond motifs is 1. The third-order valence-corrected chi connectivity index (χ3v) is 4.72. The molecule has 2 heterocycles. The molecule has 0 fully saturated rings. The van der Waals surface area contributed by atoms with E-state index in [1.807, 2.05) is 54.6 Å². The van der Waals surface area contributed by atoms with Crippen LogP contribution in [-0.2, 0) is 19.5 Å². The van der Waals surface area contributed by atoms with Crippen LogP contribution in [0.1, 0.15) is 16.9 Å². The summed E-state index contributed by atoms with van der Waals surface area (Å²) in [5.41, 5.74) is 2.19. The quantitative estimate of drug-likeness (QED) is 0.257. The van der Waals surface area contributed by atoms with Crippen molar-refractivity contribution in [3.63, 3.8) is 0 Å². The lowest BCUT2D eigenvalue weighted by molar-refractivity contribution is 0.174. The molecular formula is C23H26IN3O4. The van der Waals surface area contributed by atoms with Crippen molar-refractivity contribution >= 4 is 29.9 Å². The first-order valence-electron chi connectivity index (χ1n) is 9.86.